The largest absolute Gasteiger partial charge is 0.388 e. The number of halogens is 2. The van der Waals surface area contributed by atoms with Gasteiger partial charge in [-0.05, 0) is 37.1 Å². The SMILES string of the molecule is CC#CCCC(O)c1cc(Cl)cc(Br)c1. The Kier molecular flexibility index (Phi) is 5.17. The van der Waals surface area contributed by atoms with Crippen molar-refractivity contribution in [2.24, 2.45) is 0 Å². The summed E-state index contributed by atoms with van der Waals surface area (Å²) in [4.78, 5) is 0. The van der Waals surface area contributed by atoms with E-state index in [9.17, 15) is 5.11 Å². The molecule has 0 radical (unpaired) electrons. The molecule has 0 heterocycles. The summed E-state index contributed by atoms with van der Waals surface area (Å²) in [6.07, 6.45) is 0.830. The minimum Gasteiger partial charge on any atom is -0.388 e. The Morgan fingerprint density at radius 3 is 2.80 bits per heavy atom. The normalized spacial score (nSPS) is 11.7. The maximum Gasteiger partial charge on any atom is 0.0800 e. The first-order valence-electron chi connectivity index (χ1n) is 4.67. The highest BCUT2D eigenvalue weighted by atomic mass is 79.9. The van der Waals surface area contributed by atoms with Gasteiger partial charge in [-0.2, -0.15) is 0 Å². The van der Waals surface area contributed by atoms with Gasteiger partial charge in [-0.3, -0.25) is 0 Å². The number of benzene rings is 1. The third kappa shape index (κ3) is 4.25. The van der Waals surface area contributed by atoms with E-state index in [0.717, 1.165) is 10.0 Å². The molecule has 1 rings (SSSR count). The van der Waals surface area contributed by atoms with Crippen molar-refractivity contribution < 1.29 is 5.11 Å². The Labute approximate surface area is 104 Å². The highest BCUT2D eigenvalue weighted by Gasteiger charge is 2.08. The molecule has 0 aliphatic carbocycles. The molecule has 1 unspecified atom stereocenters. The van der Waals surface area contributed by atoms with E-state index in [2.05, 4.69) is 27.8 Å². The van der Waals surface area contributed by atoms with Crippen molar-refractivity contribution in [2.75, 3.05) is 0 Å². The fraction of sp³-hybridized carbons (Fsp3) is 0.333. The molecule has 1 atom stereocenters. The fourth-order valence-corrected chi connectivity index (χ4v) is 2.15. The second kappa shape index (κ2) is 6.17. The van der Waals surface area contributed by atoms with Crippen LogP contribution < -0.4 is 0 Å². The van der Waals surface area contributed by atoms with E-state index in [-0.39, 0.29) is 0 Å². The van der Waals surface area contributed by atoms with Gasteiger partial charge >= 0.3 is 0 Å². The van der Waals surface area contributed by atoms with Gasteiger partial charge in [-0.1, -0.05) is 27.5 Å². The fourth-order valence-electron chi connectivity index (χ4n) is 1.27. The van der Waals surface area contributed by atoms with Crippen molar-refractivity contribution in [3.8, 4) is 11.8 Å². The van der Waals surface area contributed by atoms with Crippen molar-refractivity contribution in [1.29, 1.82) is 0 Å². The molecule has 1 nitrogen and oxygen atoms in total. The molecule has 1 aromatic carbocycles. The van der Waals surface area contributed by atoms with Gasteiger partial charge in [-0.25, -0.2) is 0 Å². The van der Waals surface area contributed by atoms with Gasteiger partial charge in [0.05, 0.1) is 6.10 Å². The van der Waals surface area contributed by atoms with E-state index in [0.29, 0.717) is 17.9 Å². The predicted molar refractivity (Wildman–Crippen MR) is 66.8 cm³/mol. The van der Waals surface area contributed by atoms with Crippen LogP contribution in [0.4, 0.5) is 0 Å². The van der Waals surface area contributed by atoms with E-state index in [1.54, 1.807) is 19.1 Å². The topological polar surface area (TPSA) is 20.2 Å². The number of aliphatic hydroxyl groups is 1. The molecule has 15 heavy (non-hydrogen) atoms. The molecule has 0 spiro atoms. The lowest BCUT2D eigenvalue weighted by atomic mass is 10.1. The average molecular weight is 288 g/mol. The quantitative estimate of drug-likeness (QED) is 0.835. The van der Waals surface area contributed by atoms with Gasteiger partial charge in [0.2, 0.25) is 0 Å². The summed E-state index contributed by atoms with van der Waals surface area (Å²) in [6.45, 7) is 1.79. The van der Waals surface area contributed by atoms with Crippen molar-refractivity contribution in [2.45, 2.75) is 25.9 Å². The van der Waals surface area contributed by atoms with E-state index < -0.39 is 6.10 Å². The monoisotopic (exact) mass is 286 g/mol. The van der Waals surface area contributed by atoms with Gasteiger partial charge < -0.3 is 5.11 Å². The van der Waals surface area contributed by atoms with Crippen LogP contribution >= 0.6 is 27.5 Å². The highest BCUT2D eigenvalue weighted by Crippen LogP contribution is 2.25. The summed E-state index contributed by atoms with van der Waals surface area (Å²) in [6, 6.07) is 5.44. The lowest BCUT2D eigenvalue weighted by Gasteiger charge is -2.10. The van der Waals surface area contributed by atoms with E-state index in [1.165, 1.54) is 0 Å². The maximum atomic E-state index is 9.85. The number of rotatable bonds is 3. The molecule has 0 saturated carbocycles. The lowest BCUT2D eigenvalue weighted by molar-refractivity contribution is 0.169. The first-order chi connectivity index (χ1) is 7.13. The van der Waals surface area contributed by atoms with E-state index in [1.807, 2.05) is 6.07 Å². The Hall–Kier alpha value is -0.490. The molecule has 0 aliphatic rings. The number of aliphatic hydroxyl groups excluding tert-OH is 1. The molecule has 0 aliphatic heterocycles. The lowest BCUT2D eigenvalue weighted by Crippen LogP contribution is -1.96. The van der Waals surface area contributed by atoms with Gasteiger partial charge in [0.15, 0.2) is 0 Å². The molecule has 0 saturated heterocycles. The van der Waals surface area contributed by atoms with Crippen molar-refractivity contribution in [1.82, 2.24) is 0 Å². The van der Waals surface area contributed by atoms with E-state index >= 15 is 0 Å². The second-order valence-electron chi connectivity index (χ2n) is 3.18. The summed E-state index contributed by atoms with van der Waals surface area (Å²) in [7, 11) is 0. The van der Waals surface area contributed by atoms with Crippen LogP contribution in [0.15, 0.2) is 22.7 Å². The van der Waals surface area contributed by atoms with Crippen LogP contribution in [0.2, 0.25) is 5.02 Å². The summed E-state index contributed by atoms with van der Waals surface area (Å²) >= 11 is 9.23. The first kappa shape index (κ1) is 12.6. The molecular weight excluding hydrogens is 275 g/mol. The van der Waals surface area contributed by atoms with Crippen LogP contribution in [0.1, 0.15) is 31.4 Å². The highest BCUT2D eigenvalue weighted by molar-refractivity contribution is 9.10. The summed E-state index contributed by atoms with van der Waals surface area (Å²) in [5.74, 6) is 5.72. The van der Waals surface area contributed by atoms with Crippen molar-refractivity contribution >= 4 is 27.5 Å². The molecule has 80 valence electrons. The van der Waals surface area contributed by atoms with Gasteiger partial charge in [0, 0.05) is 15.9 Å². The number of hydrogen-bond donors (Lipinski definition) is 1. The predicted octanol–water partition coefficient (Wildman–Crippen LogP) is 3.94. The average Bonchev–Trinajstić information content (AvgIpc) is 2.16. The third-order valence-electron chi connectivity index (χ3n) is 1.99. The molecule has 0 bridgehead atoms. The summed E-state index contributed by atoms with van der Waals surface area (Å²) in [5, 5.41) is 10.5. The molecular formula is C12H12BrClO. The third-order valence-corrected chi connectivity index (χ3v) is 2.67. The minimum absolute atomic E-state index is 0.499. The molecule has 0 aromatic heterocycles. The summed E-state index contributed by atoms with van der Waals surface area (Å²) in [5.41, 5.74) is 0.826. The second-order valence-corrected chi connectivity index (χ2v) is 4.54. The van der Waals surface area contributed by atoms with E-state index in [4.69, 9.17) is 11.6 Å². The minimum atomic E-state index is -0.499. The van der Waals surface area contributed by atoms with Crippen LogP contribution in [0.5, 0.6) is 0 Å². The van der Waals surface area contributed by atoms with Crippen molar-refractivity contribution in [3.05, 3.63) is 33.3 Å². The summed E-state index contributed by atoms with van der Waals surface area (Å²) < 4.78 is 0.880. The Bertz CT molecular complexity index is 372. The van der Waals surface area contributed by atoms with Gasteiger partial charge in [0.1, 0.15) is 0 Å². The molecule has 1 aromatic rings. The Balaban J connectivity index is 2.71. The zero-order valence-corrected chi connectivity index (χ0v) is 10.8. The van der Waals surface area contributed by atoms with Crippen LogP contribution in [-0.4, -0.2) is 5.11 Å². The van der Waals surface area contributed by atoms with Crippen molar-refractivity contribution in [3.63, 3.8) is 0 Å². The smallest absolute Gasteiger partial charge is 0.0800 e. The zero-order chi connectivity index (χ0) is 11.3. The first-order valence-corrected chi connectivity index (χ1v) is 5.84. The Morgan fingerprint density at radius 2 is 2.20 bits per heavy atom. The van der Waals surface area contributed by atoms with Gasteiger partial charge in [0.25, 0.3) is 0 Å². The maximum absolute atomic E-state index is 9.85. The van der Waals surface area contributed by atoms with Crippen LogP contribution in [0, 0.1) is 11.8 Å². The molecule has 1 N–H and O–H groups in total. The molecule has 0 fully saturated rings. The van der Waals surface area contributed by atoms with Gasteiger partial charge in [-0.15, -0.1) is 11.8 Å². The molecule has 3 heteroatoms. The number of hydrogen-bond acceptors (Lipinski definition) is 1. The molecule has 0 amide bonds. The van der Waals surface area contributed by atoms with Crippen LogP contribution in [0.3, 0.4) is 0 Å². The zero-order valence-electron chi connectivity index (χ0n) is 8.43. The van der Waals surface area contributed by atoms with Crippen LogP contribution in [0.25, 0.3) is 0 Å². The Morgan fingerprint density at radius 1 is 1.47 bits per heavy atom. The standard InChI is InChI=1S/C12H12BrClO/c1-2-3-4-5-12(15)9-6-10(13)8-11(14)7-9/h6-8,12,15H,4-5H2,1H3. The van der Waals surface area contributed by atoms with Crippen LogP contribution in [-0.2, 0) is 0 Å².